The van der Waals surface area contributed by atoms with E-state index in [9.17, 15) is 9.90 Å². The third kappa shape index (κ3) is 5.13. The Balaban J connectivity index is 1.95. The fraction of sp³-hybridized carbons (Fsp3) is 0.611. The number of urea groups is 1. The van der Waals surface area contributed by atoms with Gasteiger partial charge >= 0.3 is 6.03 Å². The van der Waals surface area contributed by atoms with E-state index < -0.39 is 6.10 Å². The molecule has 2 rings (SSSR count). The zero-order chi connectivity index (χ0) is 16.9. The molecule has 0 spiro atoms. The standard InChI is InChI=1S/C18H29N3O2/c1-18(2,3)16(22)13-19-17(23)20-14-9-5-6-10-15(14)21-11-7-4-8-12-21/h5-6,9-10,16,22H,4,7-8,11-13H2,1-3H3,(H2,19,20,23). The lowest BCUT2D eigenvalue weighted by Gasteiger charge is -2.30. The minimum absolute atomic E-state index is 0.237. The molecular formula is C18H29N3O2. The summed E-state index contributed by atoms with van der Waals surface area (Å²) in [6.45, 7) is 8.14. The van der Waals surface area contributed by atoms with Crippen molar-refractivity contribution in [3.8, 4) is 0 Å². The Labute approximate surface area is 139 Å². The second-order valence-electron chi connectivity index (χ2n) is 7.28. The highest BCUT2D eigenvalue weighted by Crippen LogP contribution is 2.28. The molecule has 1 unspecified atom stereocenters. The average Bonchev–Trinajstić information content (AvgIpc) is 2.53. The van der Waals surface area contributed by atoms with Crippen LogP contribution in [0.25, 0.3) is 0 Å². The summed E-state index contributed by atoms with van der Waals surface area (Å²) in [5.74, 6) is 0. The van der Waals surface area contributed by atoms with E-state index in [1.165, 1.54) is 19.3 Å². The van der Waals surface area contributed by atoms with Gasteiger partial charge in [0.05, 0.1) is 17.5 Å². The maximum Gasteiger partial charge on any atom is 0.319 e. The lowest BCUT2D eigenvalue weighted by Crippen LogP contribution is -2.41. The molecule has 0 saturated carbocycles. The zero-order valence-corrected chi connectivity index (χ0v) is 14.4. The van der Waals surface area contributed by atoms with E-state index in [4.69, 9.17) is 0 Å². The van der Waals surface area contributed by atoms with Gasteiger partial charge in [0, 0.05) is 19.6 Å². The van der Waals surface area contributed by atoms with Crippen molar-refractivity contribution in [3.05, 3.63) is 24.3 Å². The topological polar surface area (TPSA) is 64.6 Å². The van der Waals surface area contributed by atoms with E-state index in [0.717, 1.165) is 24.5 Å². The van der Waals surface area contributed by atoms with Crippen LogP contribution in [0, 0.1) is 5.41 Å². The van der Waals surface area contributed by atoms with E-state index in [1.54, 1.807) is 0 Å². The van der Waals surface area contributed by atoms with Crippen molar-refractivity contribution in [1.82, 2.24) is 5.32 Å². The van der Waals surface area contributed by atoms with Crippen molar-refractivity contribution in [3.63, 3.8) is 0 Å². The van der Waals surface area contributed by atoms with Crippen LogP contribution in [0.3, 0.4) is 0 Å². The molecular weight excluding hydrogens is 290 g/mol. The largest absolute Gasteiger partial charge is 0.391 e. The van der Waals surface area contributed by atoms with Crippen molar-refractivity contribution in [1.29, 1.82) is 0 Å². The number of para-hydroxylation sites is 2. The van der Waals surface area contributed by atoms with Crippen LogP contribution in [-0.4, -0.2) is 36.9 Å². The fourth-order valence-corrected chi connectivity index (χ4v) is 2.65. The molecule has 5 heteroatoms. The number of nitrogens with one attached hydrogen (secondary N) is 2. The van der Waals surface area contributed by atoms with Gasteiger partial charge in [-0.3, -0.25) is 0 Å². The molecule has 1 atom stereocenters. The first kappa shape index (κ1) is 17.6. The van der Waals surface area contributed by atoms with Crippen molar-refractivity contribution in [2.24, 2.45) is 5.41 Å². The fourth-order valence-electron chi connectivity index (χ4n) is 2.65. The van der Waals surface area contributed by atoms with Gasteiger partial charge in [0.25, 0.3) is 0 Å². The molecule has 1 aromatic rings. The van der Waals surface area contributed by atoms with E-state index >= 15 is 0 Å². The number of carbonyl (C=O) groups is 1. The van der Waals surface area contributed by atoms with Crippen molar-refractivity contribution < 1.29 is 9.90 Å². The van der Waals surface area contributed by atoms with Gasteiger partial charge in [-0.1, -0.05) is 32.9 Å². The lowest BCUT2D eigenvalue weighted by atomic mass is 9.89. The molecule has 1 aliphatic rings. The number of amides is 2. The maximum absolute atomic E-state index is 12.1. The predicted octanol–water partition coefficient (Wildman–Crippen LogP) is 3.21. The van der Waals surface area contributed by atoms with Gasteiger partial charge in [0.2, 0.25) is 0 Å². The van der Waals surface area contributed by atoms with Gasteiger partial charge in [-0.25, -0.2) is 4.79 Å². The minimum atomic E-state index is -0.578. The number of carbonyl (C=O) groups excluding carboxylic acids is 1. The summed E-state index contributed by atoms with van der Waals surface area (Å²) in [5.41, 5.74) is 1.63. The van der Waals surface area contributed by atoms with Gasteiger partial charge in [-0.2, -0.15) is 0 Å². The molecule has 23 heavy (non-hydrogen) atoms. The van der Waals surface area contributed by atoms with Gasteiger partial charge in [0.1, 0.15) is 0 Å². The molecule has 1 heterocycles. The van der Waals surface area contributed by atoms with Crippen LogP contribution in [-0.2, 0) is 0 Å². The molecule has 0 radical (unpaired) electrons. The Kier molecular flexibility index (Phi) is 5.88. The molecule has 0 aliphatic carbocycles. The first-order valence-corrected chi connectivity index (χ1v) is 8.45. The Morgan fingerprint density at radius 1 is 1.22 bits per heavy atom. The number of anilines is 2. The number of hydrogen-bond acceptors (Lipinski definition) is 3. The van der Waals surface area contributed by atoms with E-state index in [0.29, 0.717) is 0 Å². The SMILES string of the molecule is CC(C)(C)C(O)CNC(=O)Nc1ccccc1N1CCCCC1. The van der Waals surface area contributed by atoms with E-state index in [2.05, 4.69) is 15.5 Å². The van der Waals surface area contributed by atoms with Crippen LogP contribution in [0.15, 0.2) is 24.3 Å². The smallest absolute Gasteiger partial charge is 0.319 e. The Morgan fingerprint density at radius 3 is 2.52 bits per heavy atom. The average molecular weight is 319 g/mol. The number of aliphatic hydroxyl groups is 1. The maximum atomic E-state index is 12.1. The molecule has 128 valence electrons. The summed E-state index contributed by atoms with van der Waals surface area (Å²) in [6, 6.07) is 7.61. The molecule has 2 amide bonds. The number of nitrogens with zero attached hydrogens (tertiary/aromatic N) is 1. The molecule has 0 aromatic heterocycles. The van der Waals surface area contributed by atoms with Crippen LogP contribution in [0.5, 0.6) is 0 Å². The molecule has 0 bridgehead atoms. The van der Waals surface area contributed by atoms with Crippen molar-refractivity contribution in [2.45, 2.75) is 46.1 Å². The minimum Gasteiger partial charge on any atom is -0.391 e. The van der Waals surface area contributed by atoms with Gasteiger partial charge in [-0.15, -0.1) is 0 Å². The van der Waals surface area contributed by atoms with E-state index in [1.807, 2.05) is 45.0 Å². The summed E-state index contributed by atoms with van der Waals surface area (Å²) in [6.07, 6.45) is 3.08. The van der Waals surface area contributed by atoms with Crippen LogP contribution < -0.4 is 15.5 Å². The molecule has 1 aliphatic heterocycles. The van der Waals surface area contributed by atoms with Crippen LogP contribution >= 0.6 is 0 Å². The molecule has 1 saturated heterocycles. The monoisotopic (exact) mass is 319 g/mol. The third-order valence-electron chi connectivity index (χ3n) is 4.30. The normalized spacial score (nSPS) is 16.8. The van der Waals surface area contributed by atoms with Gasteiger partial charge in [0.15, 0.2) is 0 Å². The Hall–Kier alpha value is -1.75. The number of hydrogen-bond donors (Lipinski definition) is 3. The molecule has 3 N–H and O–H groups in total. The lowest BCUT2D eigenvalue weighted by molar-refractivity contribution is 0.0654. The summed E-state index contributed by atoms with van der Waals surface area (Å²) in [5, 5.41) is 15.7. The molecule has 5 nitrogen and oxygen atoms in total. The summed E-state index contributed by atoms with van der Waals surface area (Å²) < 4.78 is 0. The van der Waals surface area contributed by atoms with Crippen molar-refractivity contribution in [2.75, 3.05) is 29.9 Å². The number of rotatable bonds is 4. The second kappa shape index (κ2) is 7.68. The highest BCUT2D eigenvalue weighted by atomic mass is 16.3. The second-order valence-corrected chi connectivity index (χ2v) is 7.28. The molecule has 1 aromatic carbocycles. The summed E-state index contributed by atoms with van der Waals surface area (Å²) in [7, 11) is 0. The van der Waals surface area contributed by atoms with Crippen LogP contribution in [0.1, 0.15) is 40.0 Å². The number of aliphatic hydroxyl groups excluding tert-OH is 1. The summed E-state index contributed by atoms with van der Waals surface area (Å²) >= 11 is 0. The number of benzene rings is 1. The van der Waals surface area contributed by atoms with Crippen LogP contribution in [0.4, 0.5) is 16.2 Å². The number of piperidine rings is 1. The highest BCUT2D eigenvalue weighted by Gasteiger charge is 2.22. The Morgan fingerprint density at radius 2 is 1.87 bits per heavy atom. The van der Waals surface area contributed by atoms with E-state index in [-0.39, 0.29) is 18.0 Å². The van der Waals surface area contributed by atoms with Gasteiger partial charge in [-0.05, 0) is 36.8 Å². The predicted molar refractivity (Wildman–Crippen MR) is 95.0 cm³/mol. The van der Waals surface area contributed by atoms with Crippen LogP contribution in [0.2, 0.25) is 0 Å². The third-order valence-corrected chi connectivity index (χ3v) is 4.30. The first-order chi connectivity index (χ1) is 10.9. The molecule has 1 fully saturated rings. The van der Waals surface area contributed by atoms with Crippen molar-refractivity contribution >= 4 is 17.4 Å². The Bertz CT molecular complexity index is 519. The zero-order valence-electron chi connectivity index (χ0n) is 14.4. The highest BCUT2D eigenvalue weighted by molar-refractivity contribution is 5.93. The first-order valence-electron chi connectivity index (χ1n) is 8.45. The quantitative estimate of drug-likeness (QED) is 0.798. The van der Waals surface area contributed by atoms with Gasteiger partial charge < -0.3 is 20.6 Å². The summed E-state index contributed by atoms with van der Waals surface area (Å²) in [4.78, 5) is 14.4.